The van der Waals surface area contributed by atoms with Crippen molar-refractivity contribution in [1.82, 2.24) is 20.2 Å². The summed E-state index contributed by atoms with van der Waals surface area (Å²) in [5.41, 5.74) is 2.27. The summed E-state index contributed by atoms with van der Waals surface area (Å²) in [7, 11) is 4.22. The Balaban J connectivity index is 1.77. The molecule has 5 heteroatoms. The van der Waals surface area contributed by atoms with Gasteiger partial charge in [-0.25, -0.2) is 9.97 Å². The van der Waals surface area contributed by atoms with E-state index in [0.717, 1.165) is 37.3 Å². The van der Waals surface area contributed by atoms with E-state index in [2.05, 4.69) is 34.1 Å². The van der Waals surface area contributed by atoms with Crippen molar-refractivity contribution in [3.63, 3.8) is 0 Å². The molecule has 0 spiro atoms. The van der Waals surface area contributed by atoms with E-state index in [1.165, 1.54) is 24.8 Å². The molecule has 20 heavy (non-hydrogen) atoms. The standard InChI is InChI=1S/C15H25N5/c1-11-12(8-16-2)9-17-15(18-11)20-7-6-13-4-5-14(10-20)19(13)3/h9,13-14,16H,4-8,10H2,1-3H3. The van der Waals surface area contributed by atoms with Gasteiger partial charge in [-0.1, -0.05) is 0 Å². The number of aryl methyl sites for hydroxylation is 1. The van der Waals surface area contributed by atoms with Gasteiger partial charge in [0.15, 0.2) is 0 Å². The van der Waals surface area contributed by atoms with Gasteiger partial charge in [0.1, 0.15) is 0 Å². The Hall–Kier alpha value is -1.20. The Bertz CT molecular complexity index is 475. The van der Waals surface area contributed by atoms with E-state index in [9.17, 15) is 0 Å². The highest BCUT2D eigenvalue weighted by molar-refractivity contribution is 5.34. The number of likely N-dealkylation sites (N-methyl/N-ethyl adjacent to an activating group) is 1. The van der Waals surface area contributed by atoms with Crippen molar-refractivity contribution >= 4 is 5.95 Å². The van der Waals surface area contributed by atoms with Crippen molar-refractivity contribution in [3.05, 3.63) is 17.5 Å². The van der Waals surface area contributed by atoms with Crippen LogP contribution in [-0.2, 0) is 6.54 Å². The molecule has 1 aromatic heterocycles. The van der Waals surface area contributed by atoms with Crippen LogP contribution in [0.15, 0.2) is 6.20 Å². The first-order valence-electron chi connectivity index (χ1n) is 7.63. The van der Waals surface area contributed by atoms with E-state index in [1.54, 1.807) is 0 Å². The Morgan fingerprint density at radius 2 is 2.10 bits per heavy atom. The van der Waals surface area contributed by atoms with Gasteiger partial charge in [0, 0.05) is 49.2 Å². The molecule has 2 atom stereocenters. The van der Waals surface area contributed by atoms with Gasteiger partial charge in [0.25, 0.3) is 0 Å². The fourth-order valence-electron chi connectivity index (χ4n) is 3.49. The van der Waals surface area contributed by atoms with Crippen LogP contribution in [0.25, 0.3) is 0 Å². The zero-order chi connectivity index (χ0) is 14.1. The van der Waals surface area contributed by atoms with Gasteiger partial charge < -0.3 is 10.2 Å². The minimum absolute atomic E-state index is 0.670. The molecule has 2 saturated heterocycles. The highest BCUT2D eigenvalue weighted by atomic mass is 15.3. The van der Waals surface area contributed by atoms with Crippen molar-refractivity contribution in [3.8, 4) is 0 Å². The molecule has 5 nitrogen and oxygen atoms in total. The summed E-state index contributed by atoms with van der Waals surface area (Å²) >= 11 is 0. The lowest BCUT2D eigenvalue weighted by molar-refractivity contribution is 0.254. The third kappa shape index (κ3) is 2.52. The Morgan fingerprint density at radius 1 is 1.30 bits per heavy atom. The number of nitrogens with zero attached hydrogens (tertiary/aromatic N) is 4. The van der Waals surface area contributed by atoms with Crippen LogP contribution in [-0.4, -0.2) is 54.1 Å². The van der Waals surface area contributed by atoms with E-state index in [4.69, 9.17) is 4.98 Å². The lowest BCUT2D eigenvalue weighted by Gasteiger charge is -2.26. The monoisotopic (exact) mass is 275 g/mol. The molecular weight excluding hydrogens is 250 g/mol. The van der Waals surface area contributed by atoms with Gasteiger partial charge in [0.05, 0.1) is 0 Å². The molecule has 1 aromatic rings. The molecule has 0 aromatic carbocycles. The van der Waals surface area contributed by atoms with E-state index >= 15 is 0 Å². The third-order valence-corrected chi connectivity index (χ3v) is 4.87. The Labute approximate surface area is 121 Å². The quantitative estimate of drug-likeness (QED) is 0.897. The average Bonchev–Trinajstić information content (AvgIpc) is 2.66. The summed E-state index contributed by atoms with van der Waals surface area (Å²) in [6, 6.07) is 1.43. The Kier molecular flexibility index (Phi) is 3.89. The summed E-state index contributed by atoms with van der Waals surface area (Å²) < 4.78 is 0. The number of rotatable bonds is 3. The molecular formula is C15H25N5. The van der Waals surface area contributed by atoms with Crippen LogP contribution in [0.2, 0.25) is 0 Å². The van der Waals surface area contributed by atoms with Crippen molar-refractivity contribution < 1.29 is 0 Å². The topological polar surface area (TPSA) is 44.3 Å². The lowest BCUT2D eigenvalue weighted by atomic mass is 10.1. The average molecular weight is 275 g/mol. The molecule has 2 fully saturated rings. The zero-order valence-electron chi connectivity index (χ0n) is 12.8. The highest BCUT2D eigenvalue weighted by Gasteiger charge is 2.35. The molecule has 110 valence electrons. The number of anilines is 1. The molecule has 2 unspecified atom stereocenters. The smallest absolute Gasteiger partial charge is 0.225 e. The largest absolute Gasteiger partial charge is 0.339 e. The van der Waals surface area contributed by atoms with Gasteiger partial charge >= 0.3 is 0 Å². The summed E-state index contributed by atoms with van der Waals surface area (Å²) in [6.45, 7) is 5.06. The molecule has 1 N–H and O–H groups in total. The van der Waals surface area contributed by atoms with Crippen molar-refractivity contribution in [1.29, 1.82) is 0 Å². The number of hydrogen-bond donors (Lipinski definition) is 1. The van der Waals surface area contributed by atoms with Crippen LogP contribution >= 0.6 is 0 Å². The number of aromatic nitrogens is 2. The second kappa shape index (κ2) is 5.66. The summed E-state index contributed by atoms with van der Waals surface area (Å²) in [5, 5.41) is 3.16. The molecule has 0 amide bonds. The second-order valence-corrected chi connectivity index (χ2v) is 6.10. The highest BCUT2D eigenvalue weighted by Crippen LogP contribution is 2.29. The van der Waals surface area contributed by atoms with Crippen LogP contribution in [0.4, 0.5) is 5.95 Å². The Morgan fingerprint density at radius 3 is 2.85 bits per heavy atom. The normalized spacial score (nSPS) is 26.9. The van der Waals surface area contributed by atoms with Gasteiger partial charge in [0.2, 0.25) is 5.95 Å². The first kappa shape index (κ1) is 13.8. The van der Waals surface area contributed by atoms with E-state index in [1.807, 2.05) is 13.2 Å². The molecule has 3 heterocycles. The second-order valence-electron chi connectivity index (χ2n) is 6.10. The van der Waals surface area contributed by atoms with Crippen LogP contribution in [0.1, 0.15) is 30.5 Å². The van der Waals surface area contributed by atoms with Gasteiger partial charge in [-0.2, -0.15) is 0 Å². The molecule has 3 rings (SSSR count). The first-order chi connectivity index (χ1) is 9.69. The van der Waals surface area contributed by atoms with Crippen LogP contribution in [0, 0.1) is 6.92 Å². The molecule has 2 bridgehead atoms. The minimum atomic E-state index is 0.670. The number of fused-ring (bicyclic) bond motifs is 2. The van der Waals surface area contributed by atoms with Crippen LogP contribution in [0.3, 0.4) is 0 Å². The maximum Gasteiger partial charge on any atom is 0.225 e. The fraction of sp³-hybridized carbons (Fsp3) is 0.733. The van der Waals surface area contributed by atoms with Gasteiger partial charge in [-0.05, 0) is 40.3 Å². The lowest BCUT2D eigenvalue weighted by Crippen LogP contribution is -2.37. The van der Waals surface area contributed by atoms with Gasteiger partial charge in [-0.3, -0.25) is 4.90 Å². The predicted octanol–water partition coefficient (Wildman–Crippen LogP) is 1.18. The van der Waals surface area contributed by atoms with Crippen molar-refractivity contribution in [2.75, 3.05) is 32.1 Å². The van der Waals surface area contributed by atoms with E-state index in [-0.39, 0.29) is 0 Å². The first-order valence-corrected chi connectivity index (χ1v) is 7.63. The summed E-state index contributed by atoms with van der Waals surface area (Å²) in [5.74, 6) is 0.906. The fourth-order valence-corrected chi connectivity index (χ4v) is 3.49. The molecule has 0 aliphatic carbocycles. The minimum Gasteiger partial charge on any atom is -0.339 e. The maximum atomic E-state index is 4.72. The van der Waals surface area contributed by atoms with E-state index < -0.39 is 0 Å². The molecule has 2 aliphatic heterocycles. The summed E-state index contributed by atoms with van der Waals surface area (Å²) in [6.07, 6.45) is 5.87. The molecule has 2 aliphatic rings. The zero-order valence-corrected chi connectivity index (χ0v) is 12.8. The van der Waals surface area contributed by atoms with Crippen molar-refractivity contribution in [2.24, 2.45) is 0 Å². The van der Waals surface area contributed by atoms with Gasteiger partial charge in [-0.15, -0.1) is 0 Å². The van der Waals surface area contributed by atoms with E-state index in [0.29, 0.717) is 6.04 Å². The predicted molar refractivity (Wildman–Crippen MR) is 80.9 cm³/mol. The van der Waals surface area contributed by atoms with Crippen LogP contribution < -0.4 is 10.2 Å². The SMILES string of the molecule is CNCc1cnc(N2CCC3CCC(C2)N3C)nc1C. The van der Waals surface area contributed by atoms with Crippen molar-refractivity contribution in [2.45, 2.75) is 44.8 Å². The third-order valence-electron chi connectivity index (χ3n) is 4.87. The summed E-state index contributed by atoms with van der Waals surface area (Å²) in [4.78, 5) is 14.2. The maximum absolute atomic E-state index is 4.72. The van der Waals surface area contributed by atoms with Crippen LogP contribution in [0.5, 0.6) is 0 Å². The molecule has 0 saturated carbocycles. The number of nitrogens with one attached hydrogen (secondary N) is 1. The molecule has 0 radical (unpaired) electrons. The number of hydrogen-bond acceptors (Lipinski definition) is 5.